The second kappa shape index (κ2) is 18.7. The van der Waals surface area contributed by atoms with Gasteiger partial charge in [-0.15, -0.1) is 20.4 Å². The van der Waals surface area contributed by atoms with Gasteiger partial charge in [0, 0.05) is 16.8 Å². The summed E-state index contributed by atoms with van der Waals surface area (Å²) in [4.78, 5) is 24.2. The summed E-state index contributed by atoms with van der Waals surface area (Å²) in [5.41, 5.74) is 1.20. The second-order valence-corrected chi connectivity index (χ2v) is 11.6. The van der Waals surface area contributed by atoms with E-state index in [4.69, 9.17) is 32.5 Å². The Morgan fingerprint density at radius 2 is 1.16 bits per heavy atom. The number of rotatable bonds is 20. The van der Waals surface area contributed by atoms with E-state index in [-0.39, 0.29) is 37.9 Å². The van der Waals surface area contributed by atoms with Gasteiger partial charge < -0.3 is 37.8 Å². The molecule has 0 bridgehead atoms. The van der Waals surface area contributed by atoms with Crippen LogP contribution in [0.5, 0.6) is 0 Å². The molecule has 0 spiro atoms. The van der Waals surface area contributed by atoms with Gasteiger partial charge in [-0.05, 0) is 51.5 Å². The van der Waals surface area contributed by atoms with E-state index in [1.165, 1.54) is 23.5 Å². The fraction of sp³-hybridized carbons (Fsp3) is 0.571. The van der Waals surface area contributed by atoms with Gasteiger partial charge in [-0.3, -0.25) is 9.59 Å². The normalized spacial score (nSPS) is 11.6. The number of ether oxygens (including phenoxy) is 5. The zero-order valence-electron chi connectivity index (χ0n) is 25.6. The molecule has 1 N–H and O–H groups in total. The Labute approximate surface area is 264 Å². The molecule has 44 heavy (non-hydrogen) atoms. The van der Waals surface area contributed by atoms with Gasteiger partial charge in [-0.2, -0.15) is 0 Å². The van der Waals surface area contributed by atoms with Gasteiger partial charge in [-0.25, -0.2) is 0 Å². The van der Waals surface area contributed by atoms with Gasteiger partial charge in [-0.1, -0.05) is 23.5 Å². The number of thioether (sulfide) groups is 2. The highest BCUT2D eigenvalue weighted by Crippen LogP contribution is 2.31. The van der Waals surface area contributed by atoms with Crippen LogP contribution in [-0.4, -0.2) is 103 Å². The minimum absolute atomic E-state index is 0.144. The number of hydrogen-bond acceptors (Lipinski definition) is 15. The summed E-state index contributed by atoms with van der Waals surface area (Å²) in [6, 6.07) is 5.25. The van der Waals surface area contributed by atoms with Gasteiger partial charge in [0.05, 0.1) is 65.7 Å². The number of anilines is 1. The van der Waals surface area contributed by atoms with E-state index in [1.807, 2.05) is 33.3 Å². The second-order valence-electron chi connectivity index (χ2n) is 10.0. The Morgan fingerprint density at radius 3 is 1.59 bits per heavy atom. The van der Waals surface area contributed by atoms with Gasteiger partial charge in [0.15, 0.2) is 0 Å². The predicted octanol–water partition coefficient (Wildman–Crippen LogP) is 4.36. The first kappa shape index (κ1) is 35.5. The first-order chi connectivity index (χ1) is 21.2. The van der Waals surface area contributed by atoms with E-state index in [0.29, 0.717) is 78.7 Å². The van der Waals surface area contributed by atoms with Crippen molar-refractivity contribution >= 4 is 41.1 Å². The summed E-state index contributed by atoms with van der Waals surface area (Å²) in [7, 11) is 0. The Hall–Kier alpha value is -3.02. The molecule has 0 atom stereocenters. The van der Waals surface area contributed by atoms with E-state index in [2.05, 4.69) is 25.7 Å². The summed E-state index contributed by atoms with van der Waals surface area (Å²) in [5, 5.41) is 19.9. The average molecular weight is 654 g/mol. The maximum absolute atomic E-state index is 12.6. The van der Waals surface area contributed by atoms with Gasteiger partial charge in [0.25, 0.3) is 10.4 Å². The van der Waals surface area contributed by atoms with E-state index in [1.54, 1.807) is 18.2 Å². The lowest BCUT2D eigenvalue weighted by atomic mass is 10.1. The quantitative estimate of drug-likeness (QED) is 0.104. The largest absolute Gasteiger partial charge is 0.460 e. The summed E-state index contributed by atoms with van der Waals surface area (Å²) >= 11 is 2.66. The number of aromatic nitrogens is 4. The molecule has 0 fully saturated rings. The summed E-state index contributed by atoms with van der Waals surface area (Å²) in [5.74, 6) is 0.0787. The number of nitrogens with zero attached hydrogens (tertiary/aromatic N) is 4. The molecule has 0 saturated carbocycles. The zero-order valence-corrected chi connectivity index (χ0v) is 27.2. The standard InChI is InChI=1S/C28H39N5O9S2/c1-28(2,3)42-23(35)7-9-37-11-13-39-15-14-38-12-10-36-8-6-22(34)29-21-17-19(24-30-32-26(40-24)43-4)16-20(18-21)25-31-33-27(41-25)44-5/h16-18H,6-15H2,1-5H3,(H,29,34). The number of nitrogens with one attached hydrogen (secondary N) is 1. The maximum Gasteiger partial charge on any atom is 0.308 e. The molecular weight excluding hydrogens is 614 g/mol. The van der Waals surface area contributed by atoms with Gasteiger partial charge in [0.2, 0.25) is 17.7 Å². The predicted molar refractivity (Wildman–Crippen MR) is 164 cm³/mol. The molecular formula is C28H39N5O9S2. The third-order valence-electron chi connectivity index (χ3n) is 5.33. The molecule has 1 aromatic carbocycles. The molecule has 1 amide bonds. The van der Waals surface area contributed by atoms with Crippen LogP contribution >= 0.6 is 23.5 Å². The van der Waals surface area contributed by atoms with Crippen molar-refractivity contribution in [2.45, 2.75) is 49.7 Å². The van der Waals surface area contributed by atoms with Crippen LogP contribution in [0, 0.1) is 0 Å². The van der Waals surface area contributed by atoms with Crippen LogP contribution in [0.4, 0.5) is 5.69 Å². The van der Waals surface area contributed by atoms with Gasteiger partial charge >= 0.3 is 5.97 Å². The van der Waals surface area contributed by atoms with Crippen LogP contribution in [0.3, 0.4) is 0 Å². The van der Waals surface area contributed by atoms with E-state index in [0.717, 1.165) is 0 Å². The molecule has 0 radical (unpaired) electrons. The minimum atomic E-state index is -0.495. The summed E-state index contributed by atoms with van der Waals surface area (Å²) in [6.07, 6.45) is 4.02. The van der Waals surface area contributed by atoms with E-state index in [9.17, 15) is 9.59 Å². The highest BCUT2D eigenvalue weighted by molar-refractivity contribution is 7.98. The Balaban J connectivity index is 1.30. The SMILES string of the molecule is CSc1nnc(-c2cc(NC(=O)CCOCCOCCOCCOCCC(=O)OC(C)(C)C)cc(-c3nnc(SC)o3)c2)o1. The monoisotopic (exact) mass is 653 g/mol. The first-order valence-electron chi connectivity index (χ1n) is 13.9. The minimum Gasteiger partial charge on any atom is -0.460 e. The number of carbonyl (C=O) groups excluding carboxylic acids is 2. The van der Waals surface area contributed by atoms with Crippen LogP contribution in [-0.2, 0) is 33.3 Å². The smallest absolute Gasteiger partial charge is 0.308 e. The van der Waals surface area contributed by atoms with Crippen LogP contribution in [0.1, 0.15) is 33.6 Å². The fourth-order valence-electron chi connectivity index (χ4n) is 3.46. The molecule has 3 aromatic rings. The van der Waals surface area contributed by atoms with E-state index >= 15 is 0 Å². The number of carbonyl (C=O) groups is 2. The van der Waals surface area contributed by atoms with Crippen molar-refractivity contribution in [3.63, 3.8) is 0 Å². The van der Waals surface area contributed by atoms with Crippen molar-refractivity contribution in [1.82, 2.24) is 20.4 Å². The lowest BCUT2D eigenvalue weighted by Crippen LogP contribution is -2.24. The highest BCUT2D eigenvalue weighted by atomic mass is 32.2. The van der Waals surface area contributed by atoms with Crippen molar-refractivity contribution in [3.05, 3.63) is 18.2 Å². The molecule has 14 nitrogen and oxygen atoms in total. The van der Waals surface area contributed by atoms with Crippen LogP contribution in [0.15, 0.2) is 37.5 Å². The lowest BCUT2D eigenvalue weighted by molar-refractivity contribution is -0.156. The number of hydrogen-bond donors (Lipinski definition) is 1. The Kier molecular flexibility index (Phi) is 15.1. The topological polar surface area (TPSA) is 170 Å². The summed E-state index contributed by atoms with van der Waals surface area (Å²) < 4.78 is 38.4. The highest BCUT2D eigenvalue weighted by Gasteiger charge is 2.17. The van der Waals surface area contributed by atoms with Crippen molar-refractivity contribution in [2.75, 3.05) is 70.7 Å². The molecule has 0 saturated heterocycles. The first-order valence-corrected chi connectivity index (χ1v) is 16.4. The molecule has 2 aromatic heterocycles. The fourth-order valence-corrected chi connectivity index (χ4v) is 4.03. The summed E-state index contributed by atoms with van der Waals surface area (Å²) in [6.45, 7) is 8.28. The molecule has 0 aliphatic heterocycles. The lowest BCUT2D eigenvalue weighted by Gasteiger charge is -2.19. The molecule has 2 heterocycles. The number of esters is 1. The molecule has 0 aliphatic rings. The average Bonchev–Trinajstić information content (AvgIpc) is 3.66. The van der Waals surface area contributed by atoms with Crippen LogP contribution in [0.2, 0.25) is 0 Å². The maximum atomic E-state index is 12.6. The third-order valence-corrected chi connectivity index (χ3v) is 6.36. The van der Waals surface area contributed by atoms with Crippen molar-refractivity contribution in [1.29, 1.82) is 0 Å². The molecule has 0 unspecified atom stereocenters. The van der Waals surface area contributed by atoms with E-state index < -0.39 is 5.60 Å². The number of amides is 1. The molecule has 0 aliphatic carbocycles. The molecule has 242 valence electrons. The molecule has 3 rings (SSSR count). The van der Waals surface area contributed by atoms with Crippen LogP contribution in [0.25, 0.3) is 22.9 Å². The van der Waals surface area contributed by atoms with Crippen molar-refractivity contribution < 1.29 is 42.1 Å². The Morgan fingerprint density at radius 1 is 0.705 bits per heavy atom. The zero-order chi connectivity index (χ0) is 31.8. The third kappa shape index (κ3) is 13.3. The Bertz CT molecular complexity index is 1250. The van der Waals surface area contributed by atoms with Gasteiger partial charge in [0.1, 0.15) is 5.60 Å². The number of benzene rings is 1. The van der Waals surface area contributed by atoms with Crippen LogP contribution < -0.4 is 5.32 Å². The molecule has 16 heteroatoms. The van der Waals surface area contributed by atoms with Crippen molar-refractivity contribution in [3.8, 4) is 22.9 Å². The van der Waals surface area contributed by atoms with Crippen molar-refractivity contribution in [2.24, 2.45) is 0 Å².